The van der Waals surface area contributed by atoms with E-state index in [1.807, 2.05) is 12.1 Å². The van der Waals surface area contributed by atoms with Gasteiger partial charge < -0.3 is 10.1 Å². The van der Waals surface area contributed by atoms with Crippen LogP contribution in [0.1, 0.15) is 43.2 Å². The highest BCUT2D eigenvalue weighted by atomic mass is 19.1. The van der Waals surface area contributed by atoms with E-state index in [0.29, 0.717) is 26.3 Å². The molecule has 0 saturated carbocycles. The summed E-state index contributed by atoms with van der Waals surface area (Å²) < 4.78 is 32.3. The number of ether oxygens (including phenoxy) is 1. The topological polar surface area (TPSA) is 41.6 Å². The molecule has 2 fully saturated rings. The second-order valence-electron chi connectivity index (χ2n) is 8.73. The van der Waals surface area contributed by atoms with Crippen molar-refractivity contribution in [1.82, 2.24) is 10.2 Å². The zero-order chi connectivity index (χ0) is 21.7. The van der Waals surface area contributed by atoms with Gasteiger partial charge >= 0.3 is 0 Å². The SMILES string of the molecule is O=C(NCC1(c2ccc(F)cc2)CCOCC1)[C@@H]1CCCCN1Cc1ccc(F)cc1. The van der Waals surface area contributed by atoms with Crippen LogP contribution in [0.2, 0.25) is 0 Å². The Morgan fingerprint density at radius 3 is 2.32 bits per heavy atom. The summed E-state index contributed by atoms with van der Waals surface area (Å²) in [6, 6.07) is 12.9. The summed E-state index contributed by atoms with van der Waals surface area (Å²) in [5, 5.41) is 3.21. The molecule has 2 aliphatic rings. The van der Waals surface area contributed by atoms with E-state index < -0.39 is 0 Å². The normalized spacial score (nSPS) is 21.5. The van der Waals surface area contributed by atoms with Crippen LogP contribution in [0, 0.1) is 11.6 Å². The van der Waals surface area contributed by atoms with Crippen molar-refractivity contribution in [3.8, 4) is 0 Å². The van der Waals surface area contributed by atoms with Gasteiger partial charge in [0, 0.05) is 31.7 Å². The number of carbonyl (C=O) groups is 1. The van der Waals surface area contributed by atoms with Gasteiger partial charge in [0.05, 0.1) is 6.04 Å². The highest BCUT2D eigenvalue weighted by Gasteiger charge is 2.36. The minimum atomic E-state index is -0.256. The molecule has 0 aliphatic carbocycles. The lowest BCUT2D eigenvalue weighted by Gasteiger charge is -2.39. The van der Waals surface area contributed by atoms with E-state index in [4.69, 9.17) is 4.74 Å². The first kappa shape index (κ1) is 21.9. The molecule has 2 aliphatic heterocycles. The Labute approximate surface area is 182 Å². The van der Waals surface area contributed by atoms with E-state index in [2.05, 4.69) is 10.2 Å². The third kappa shape index (κ3) is 5.31. The quantitative estimate of drug-likeness (QED) is 0.750. The molecule has 0 aromatic heterocycles. The van der Waals surface area contributed by atoms with Gasteiger partial charge in [-0.2, -0.15) is 0 Å². The third-order valence-electron chi connectivity index (χ3n) is 6.72. The average molecular weight is 429 g/mol. The lowest BCUT2D eigenvalue weighted by molar-refractivity contribution is -0.128. The van der Waals surface area contributed by atoms with Crippen LogP contribution >= 0.6 is 0 Å². The van der Waals surface area contributed by atoms with E-state index in [-0.39, 0.29) is 29.0 Å². The maximum Gasteiger partial charge on any atom is 0.237 e. The fourth-order valence-electron chi connectivity index (χ4n) is 4.81. The zero-order valence-electron chi connectivity index (χ0n) is 17.8. The molecule has 4 rings (SSSR count). The molecule has 0 spiro atoms. The number of nitrogens with one attached hydrogen (secondary N) is 1. The van der Waals surface area contributed by atoms with Crippen molar-refractivity contribution < 1.29 is 18.3 Å². The predicted molar refractivity (Wildman–Crippen MR) is 116 cm³/mol. The van der Waals surface area contributed by atoms with Gasteiger partial charge in [-0.1, -0.05) is 30.7 Å². The molecule has 6 heteroatoms. The Kier molecular flexibility index (Phi) is 6.98. The summed E-state index contributed by atoms with van der Waals surface area (Å²) in [6.45, 7) is 3.27. The van der Waals surface area contributed by atoms with Crippen LogP contribution in [0.4, 0.5) is 8.78 Å². The first-order valence-electron chi connectivity index (χ1n) is 11.2. The van der Waals surface area contributed by atoms with E-state index in [1.54, 1.807) is 12.1 Å². The summed E-state index contributed by atoms with van der Waals surface area (Å²) in [6.07, 6.45) is 4.49. The second kappa shape index (κ2) is 9.88. The van der Waals surface area contributed by atoms with Crippen LogP contribution in [0.5, 0.6) is 0 Å². The second-order valence-corrected chi connectivity index (χ2v) is 8.73. The number of amides is 1. The molecule has 1 atom stereocenters. The number of hydrogen-bond donors (Lipinski definition) is 1. The molecule has 1 amide bonds. The number of hydrogen-bond acceptors (Lipinski definition) is 3. The maximum absolute atomic E-state index is 13.5. The van der Waals surface area contributed by atoms with Gasteiger partial charge in [-0.05, 0) is 67.6 Å². The number of likely N-dealkylation sites (tertiary alicyclic amines) is 1. The fraction of sp³-hybridized carbons (Fsp3) is 0.480. The molecule has 0 bridgehead atoms. The van der Waals surface area contributed by atoms with Crippen LogP contribution in [-0.2, 0) is 21.5 Å². The molecule has 2 aromatic carbocycles. The molecular weight excluding hydrogens is 398 g/mol. The molecular formula is C25H30F2N2O2. The lowest BCUT2D eigenvalue weighted by Crippen LogP contribution is -2.52. The van der Waals surface area contributed by atoms with Crippen molar-refractivity contribution in [3.63, 3.8) is 0 Å². The fourth-order valence-corrected chi connectivity index (χ4v) is 4.81. The van der Waals surface area contributed by atoms with Crippen LogP contribution in [0.25, 0.3) is 0 Å². The van der Waals surface area contributed by atoms with Gasteiger partial charge in [0.1, 0.15) is 11.6 Å². The van der Waals surface area contributed by atoms with Gasteiger partial charge in [0.2, 0.25) is 5.91 Å². The molecule has 4 nitrogen and oxygen atoms in total. The molecule has 2 heterocycles. The molecule has 1 N–H and O–H groups in total. The van der Waals surface area contributed by atoms with Gasteiger partial charge in [0.25, 0.3) is 0 Å². The minimum absolute atomic E-state index is 0.0368. The molecule has 2 aromatic rings. The van der Waals surface area contributed by atoms with Crippen molar-refractivity contribution in [2.75, 3.05) is 26.3 Å². The number of halogens is 2. The minimum Gasteiger partial charge on any atom is -0.381 e. The first-order chi connectivity index (χ1) is 15.1. The van der Waals surface area contributed by atoms with E-state index in [1.165, 1.54) is 24.3 Å². The number of rotatable bonds is 6. The molecule has 0 unspecified atom stereocenters. The van der Waals surface area contributed by atoms with Gasteiger partial charge in [-0.25, -0.2) is 8.78 Å². The number of benzene rings is 2. The van der Waals surface area contributed by atoms with Crippen molar-refractivity contribution in [3.05, 3.63) is 71.3 Å². The first-order valence-corrected chi connectivity index (χ1v) is 11.2. The molecule has 166 valence electrons. The molecule has 31 heavy (non-hydrogen) atoms. The molecule has 0 radical (unpaired) electrons. The van der Waals surface area contributed by atoms with E-state index >= 15 is 0 Å². The van der Waals surface area contributed by atoms with Crippen LogP contribution in [-0.4, -0.2) is 43.2 Å². The smallest absolute Gasteiger partial charge is 0.237 e. The van der Waals surface area contributed by atoms with Gasteiger partial charge in [0.15, 0.2) is 0 Å². The summed E-state index contributed by atoms with van der Waals surface area (Å²) in [5.41, 5.74) is 1.82. The zero-order valence-corrected chi connectivity index (χ0v) is 17.8. The molecule has 2 saturated heterocycles. The summed E-state index contributed by atoms with van der Waals surface area (Å²) in [4.78, 5) is 15.4. The Morgan fingerprint density at radius 1 is 1.00 bits per heavy atom. The number of carbonyl (C=O) groups excluding carboxylic acids is 1. The van der Waals surface area contributed by atoms with E-state index in [0.717, 1.165) is 49.8 Å². The van der Waals surface area contributed by atoms with Crippen LogP contribution in [0.3, 0.4) is 0 Å². The number of nitrogens with zero attached hydrogens (tertiary/aromatic N) is 1. The number of piperidine rings is 1. The van der Waals surface area contributed by atoms with Gasteiger partial charge in [-0.3, -0.25) is 9.69 Å². The van der Waals surface area contributed by atoms with Gasteiger partial charge in [-0.15, -0.1) is 0 Å². The summed E-state index contributed by atoms with van der Waals surface area (Å²) in [5.74, 6) is -0.470. The van der Waals surface area contributed by atoms with Crippen molar-refractivity contribution in [1.29, 1.82) is 0 Å². The van der Waals surface area contributed by atoms with Crippen molar-refractivity contribution in [2.45, 2.75) is 50.1 Å². The average Bonchev–Trinajstić information content (AvgIpc) is 2.80. The Morgan fingerprint density at radius 2 is 1.65 bits per heavy atom. The standard InChI is InChI=1S/C25H30F2N2O2/c26-21-8-4-19(5-9-21)17-29-14-2-1-3-23(29)24(30)28-18-25(12-15-31-16-13-25)20-6-10-22(27)11-7-20/h4-11,23H,1-3,12-18H2,(H,28,30)/t23-/m0/s1. The Bertz CT molecular complexity index is 864. The van der Waals surface area contributed by atoms with Crippen molar-refractivity contribution in [2.24, 2.45) is 0 Å². The monoisotopic (exact) mass is 428 g/mol. The van der Waals surface area contributed by atoms with Crippen LogP contribution < -0.4 is 5.32 Å². The predicted octanol–water partition coefficient (Wildman–Crippen LogP) is 4.18. The van der Waals surface area contributed by atoms with E-state index in [9.17, 15) is 13.6 Å². The third-order valence-corrected chi connectivity index (χ3v) is 6.72. The van der Waals surface area contributed by atoms with Crippen LogP contribution in [0.15, 0.2) is 48.5 Å². The highest BCUT2D eigenvalue weighted by molar-refractivity contribution is 5.82. The summed E-state index contributed by atoms with van der Waals surface area (Å²) >= 11 is 0. The Hall–Kier alpha value is -2.31. The Balaban J connectivity index is 1.44. The highest BCUT2D eigenvalue weighted by Crippen LogP contribution is 2.34. The van der Waals surface area contributed by atoms with Crippen molar-refractivity contribution >= 4 is 5.91 Å². The lowest BCUT2D eigenvalue weighted by atomic mass is 9.74. The maximum atomic E-state index is 13.5. The summed E-state index contributed by atoms with van der Waals surface area (Å²) in [7, 11) is 0. The largest absolute Gasteiger partial charge is 0.381 e.